The van der Waals surface area contributed by atoms with Crippen LogP contribution in [0.1, 0.15) is 31.2 Å². The Bertz CT molecular complexity index is 428. The highest BCUT2D eigenvalue weighted by atomic mass is 16.5. The van der Waals surface area contributed by atoms with Crippen LogP contribution in [0.5, 0.6) is 11.5 Å². The third kappa shape index (κ3) is 4.11. The predicted octanol–water partition coefficient (Wildman–Crippen LogP) is 2.65. The lowest BCUT2D eigenvalue weighted by molar-refractivity contribution is 0.127. The third-order valence-corrected chi connectivity index (χ3v) is 4.58. The average Bonchev–Trinajstić information content (AvgIpc) is 2.54. The summed E-state index contributed by atoms with van der Waals surface area (Å²) in [6, 6.07) is 6.66. The van der Waals surface area contributed by atoms with Gasteiger partial charge in [-0.25, -0.2) is 0 Å². The second kappa shape index (κ2) is 7.66. The molecule has 118 valence electrons. The Labute approximate surface area is 128 Å². The number of methoxy groups -OCH3 is 2. The molecular weight excluding hydrogens is 264 g/mol. The highest BCUT2D eigenvalue weighted by Gasteiger charge is 2.27. The van der Waals surface area contributed by atoms with Crippen LogP contribution in [0.2, 0.25) is 0 Å². The van der Waals surface area contributed by atoms with Crippen molar-refractivity contribution in [3.63, 3.8) is 0 Å². The van der Waals surface area contributed by atoms with E-state index >= 15 is 0 Å². The number of nitrogens with two attached hydrogens (primary N) is 1. The van der Waals surface area contributed by atoms with E-state index < -0.39 is 0 Å². The van der Waals surface area contributed by atoms with Gasteiger partial charge < -0.3 is 15.2 Å². The van der Waals surface area contributed by atoms with Crippen LogP contribution in [0.3, 0.4) is 0 Å². The number of benzene rings is 1. The number of hydrogen-bond donors (Lipinski definition) is 1. The molecule has 0 amide bonds. The van der Waals surface area contributed by atoms with Gasteiger partial charge in [0.25, 0.3) is 0 Å². The maximum absolute atomic E-state index is 5.95. The maximum atomic E-state index is 5.95. The first kappa shape index (κ1) is 16.1. The van der Waals surface area contributed by atoms with Crippen molar-refractivity contribution in [2.75, 3.05) is 27.8 Å². The van der Waals surface area contributed by atoms with E-state index in [0.29, 0.717) is 12.0 Å². The Morgan fingerprint density at radius 3 is 2.29 bits per heavy atom. The fourth-order valence-corrected chi connectivity index (χ4v) is 3.41. The smallest absolute Gasteiger partial charge is 0.122 e. The zero-order valence-electron chi connectivity index (χ0n) is 13.5. The molecule has 1 aromatic rings. The van der Waals surface area contributed by atoms with Crippen LogP contribution < -0.4 is 15.2 Å². The molecule has 2 rings (SSSR count). The molecule has 0 saturated heterocycles. The van der Waals surface area contributed by atoms with Crippen molar-refractivity contribution in [3.05, 3.63) is 23.8 Å². The topological polar surface area (TPSA) is 47.7 Å². The molecule has 1 saturated carbocycles. The molecule has 0 bridgehead atoms. The lowest BCUT2D eigenvalue weighted by Crippen LogP contribution is -2.42. The fraction of sp³-hybridized carbons (Fsp3) is 0.647. The summed E-state index contributed by atoms with van der Waals surface area (Å²) >= 11 is 0. The van der Waals surface area contributed by atoms with E-state index in [2.05, 4.69) is 24.1 Å². The first-order chi connectivity index (χ1) is 10.2. The molecule has 1 aromatic carbocycles. The van der Waals surface area contributed by atoms with Crippen LogP contribution >= 0.6 is 0 Å². The quantitative estimate of drug-likeness (QED) is 0.875. The van der Waals surface area contributed by atoms with Crippen molar-refractivity contribution in [2.24, 2.45) is 11.7 Å². The van der Waals surface area contributed by atoms with Gasteiger partial charge in [0.1, 0.15) is 11.5 Å². The second-order valence-electron chi connectivity index (χ2n) is 5.98. The van der Waals surface area contributed by atoms with Gasteiger partial charge in [0, 0.05) is 18.7 Å². The van der Waals surface area contributed by atoms with E-state index in [1.807, 2.05) is 6.07 Å². The standard InChI is InChI=1S/C17H28N2O2/c1-19(17-7-5-4-6-14(17)11-18)12-13-8-15(20-2)10-16(9-13)21-3/h8-10,14,17H,4-7,11-12,18H2,1-3H3. The molecule has 1 aliphatic carbocycles. The summed E-state index contributed by atoms with van der Waals surface area (Å²) in [4.78, 5) is 2.44. The Kier molecular flexibility index (Phi) is 5.88. The lowest BCUT2D eigenvalue weighted by atomic mass is 9.83. The van der Waals surface area contributed by atoms with E-state index in [9.17, 15) is 0 Å². The van der Waals surface area contributed by atoms with Gasteiger partial charge in [-0.05, 0) is 50.0 Å². The summed E-state index contributed by atoms with van der Waals surface area (Å²) in [5.74, 6) is 2.31. The monoisotopic (exact) mass is 292 g/mol. The molecule has 1 aliphatic rings. The molecule has 4 heteroatoms. The maximum Gasteiger partial charge on any atom is 0.122 e. The third-order valence-electron chi connectivity index (χ3n) is 4.58. The van der Waals surface area contributed by atoms with Crippen LogP contribution in [0, 0.1) is 5.92 Å². The number of nitrogens with zero attached hydrogens (tertiary/aromatic N) is 1. The summed E-state index contributed by atoms with van der Waals surface area (Å²) < 4.78 is 10.7. The van der Waals surface area contributed by atoms with Gasteiger partial charge in [-0.1, -0.05) is 12.8 Å². The second-order valence-corrected chi connectivity index (χ2v) is 5.98. The fourth-order valence-electron chi connectivity index (χ4n) is 3.41. The molecule has 1 fully saturated rings. The Morgan fingerprint density at radius 2 is 1.71 bits per heavy atom. The summed E-state index contributed by atoms with van der Waals surface area (Å²) in [6.45, 7) is 1.69. The van der Waals surface area contributed by atoms with Crippen molar-refractivity contribution in [1.29, 1.82) is 0 Å². The van der Waals surface area contributed by atoms with Crippen molar-refractivity contribution < 1.29 is 9.47 Å². The van der Waals surface area contributed by atoms with Crippen molar-refractivity contribution in [2.45, 2.75) is 38.3 Å². The van der Waals surface area contributed by atoms with Crippen molar-refractivity contribution in [3.8, 4) is 11.5 Å². The van der Waals surface area contributed by atoms with Crippen LogP contribution in [-0.4, -0.2) is 38.8 Å². The van der Waals surface area contributed by atoms with Crippen LogP contribution in [0.15, 0.2) is 18.2 Å². The zero-order chi connectivity index (χ0) is 15.2. The minimum Gasteiger partial charge on any atom is -0.497 e. The minimum atomic E-state index is 0.584. The first-order valence-electron chi connectivity index (χ1n) is 7.80. The molecule has 0 aliphatic heterocycles. The molecule has 4 nitrogen and oxygen atoms in total. The predicted molar refractivity (Wildman–Crippen MR) is 85.8 cm³/mol. The normalized spacial score (nSPS) is 22.3. The Balaban J connectivity index is 2.09. The zero-order valence-corrected chi connectivity index (χ0v) is 13.5. The number of rotatable bonds is 6. The van der Waals surface area contributed by atoms with Gasteiger partial charge >= 0.3 is 0 Å². The van der Waals surface area contributed by atoms with Gasteiger partial charge in [0.05, 0.1) is 14.2 Å². The van der Waals surface area contributed by atoms with E-state index in [1.54, 1.807) is 14.2 Å². The van der Waals surface area contributed by atoms with Crippen LogP contribution in [0.4, 0.5) is 0 Å². The summed E-state index contributed by atoms with van der Waals surface area (Å²) in [7, 11) is 5.58. The van der Waals surface area contributed by atoms with Crippen molar-refractivity contribution in [1.82, 2.24) is 4.90 Å². The molecular formula is C17H28N2O2. The molecule has 21 heavy (non-hydrogen) atoms. The Morgan fingerprint density at radius 1 is 1.10 bits per heavy atom. The van der Waals surface area contributed by atoms with E-state index in [1.165, 1.54) is 31.2 Å². The van der Waals surface area contributed by atoms with Gasteiger partial charge in [-0.3, -0.25) is 4.90 Å². The van der Waals surface area contributed by atoms with Crippen molar-refractivity contribution >= 4 is 0 Å². The van der Waals surface area contributed by atoms with Crippen LogP contribution in [-0.2, 0) is 6.54 Å². The average molecular weight is 292 g/mol. The molecule has 0 aromatic heterocycles. The van der Waals surface area contributed by atoms with Crippen LogP contribution in [0.25, 0.3) is 0 Å². The highest BCUT2D eigenvalue weighted by Crippen LogP contribution is 2.29. The summed E-state index contributed by atoms with van der Waals surface area (Å²) in [5.41, 5.74) is 7.17. The number of hydrogen-bond acceptors (Lipinski definition) is 4. The highest BCUT2D eigenvalue weighted by molar-refractivity contribution is 5.38. The minimum absolute atomic E-state index is 0.584. The van der Waals surface area contributed by atoms with E-state index in [0.717, 1.165) is 24.6 Å². The number of ether oxygens (including phenoxy) is 2. The molecule has 2 atom stereocenters. The SMILES string of the molecule is COc1cc(CN(C)C2CCCCC2CN)cc(OC)c1. The molecule has 0 heterocycles. The molecule has 0 radical (unpaired) electrons. The molecule has 2 N–H and O–H groups in total. The largest absolute Gasteiger partial charge is 0.497 e. The van der Waals surface area contributed by atoms with Gasteiger partial charge in [0.15, 0.2) is 0 Å². The molecule has 2 unspecified atom stereocenters. The van der Waals surface area contributed by atoms with Gasteiger partial charge in [-0.2, -0.15) is 0 Å². The summed E-state index contributed by atoms with van der Waals surface area (Å²) in [6.07, 6.45) is 5.14. The molecule has 0 spiro atoms. The lowest BCUT2D eigenvalue weighted by Gasteiger charge is -2.37. The van der Waals surface area contributed by atoms with E-state index in [4.69, 9.17) is 15.2 Å². The first-order valence-corrected chi connectivity index (χ1v) is 7.80. The Hall–Kier alpha value is -1.26. The van der Waals surface area contributed by atoms with E-state index in [-0.39, 0.29) is 0 Å². The van der Waals surface area contributed by atoms with Gasteiger partial charge in [-0.15, -0.1) is 0 Å². The summed E-state index contributed by atoms with van der Waals surface area (Å²) in [5, 5.41) is 0. The van der Waals surface area contributed by atoms with Gasteiger partial charge in [0.2, 0.25) is 0 Å².